The molecule has 4 rings (SSSR count). The number of fused-ring (bicyclic) bond motifs is 1. The average Bonchev–Trinajstić information content (AvgIpc) is 2.66. The number of anilines is 1. The molecule has 26 heavy (non-hydrogen) atoms. The van der Waals surface area contributed by atoms with Crippen LogP contribution in [-0.4, -0.2) is 22.3 Å². The standard InChI is InChI=1S/C22H21N3O/c1-15-2-4-16(5-3-15)14-25-11-9-18-12-17(6-7-20(18)22(25)26)19-8-10-24-13-21(19)23/h2-8,10,12-13H,9,11,14,23H2,1H3. The molecule has 3 aromatic rings. The molecule has 4 heteroatoms. The lowest BCUT2D eigenvalue weighted by atomic mass is 9.93. The number of amides is 1. The highest BCUT2D eigenvalue weighted by atomic mass is 16.2. The first-order chi connectivity index (χ1) is 12.6. The molecular weight excluding hydrogens is 322 g/mol. The number of hydrogen-bond acceptors (Lipinski definition) is 3. The van der Waals surface area contributed by atoms with Gasteiger partial charge >= 0.3 is 0 Å². The van der Waals surface area contributed by atoms with Gasteiger partial charge in [0.1, 0.15) is 0 Å². The van der Waals surface area contributed by atoms with E-state index in [0.29, 0.717) is 12.2 Å². The van der Waals surface area contributed by atoms with Gasteiger partial charge in [0.25, 0.3) is 5.91 Å². The number of nitrogens with zero attached hydrogens (tertiary/aromatic N) is 2. The first kappa shape index (κ1) is 16.3. The van der Waals surface area contributed by atoms with Crippen LogP contribution in [0.3, 0.4) is 0 Å². The van der Waals surface area contributed by atoms with Crippen LogP contribution in [0.2, 0.25) is 0 Å². The smallest absolute Gasteiger partial charge is 0.254 e. The molecule has 0 bridgehead atoms. The first-order valence-electron chi connectivity index (χ1n) is 8.79. The molecule has 0 unspecified atom stereocenters. The summed E-state index contributed by atoms with van der Waals surface area (Å²) in [5.41, 5.74) is 12.9. The topological polar surface area (TPSA) is 59.2 Å². The van der Waals surface area contributed by atoms with E-state index in [9.17, 15) is 4.79 Å². The third kappa shape index (κ3) is 3.06. The summed E-state index contributed by atoms with van der Waals surface area (Å²) in [6, 6.07) is 16.2. The highest BCUT2D eigenvalue weighted by Gasteiger charge is 2.24. The van der Waals surface area contributed by atoms with Gasteiger partial charge in [0, 0.05) is 30.4 Å². The van der Waals surface area contributed by atoms with E-state index in [2.05, 4.69) is 42.2 Å². The molecule has 0 radical (unpaired) electrons. The molecule has 2 aromatic carbocycles. The zero-order chi connectivity index (χ0) is 18.1. The number of carbonyl (C=O) groups is 1. The number of benzene rings is 2. The number of nitrogens with two attached hydrogens (primary N) is 1. The van der Waals surface area contributed by atoms with Crippen molar-refractivity contribution in [2.45, 2.75) is 19.9 Å². The summed E-state index contributed by atoms with van der Waals surface area (Å²) >= 11 is 0. The van der Waals surface area contributed by atoms with Crippen LogP contribution in [0.25, 0.3) is 11.1 Å². The Bertz CT molecular complexity index is 963. The third-order valence-electron chi connectivity index (χ3n) is 4.93. The Hall–Kier alpha value is -3.14. The number of carbonyl (C=O) groups excluding carboxylic acids is 1. The highest BCUT2D eigenvalue weighted by molar-refractivity contribution is 5.97. The quantitative estimate of drug-likeness (QED) is 0.786. The molecule has 1 aromatic heterocycles. The number of nitrogen functional groups attached to an aromatic ring is 1. The van der Waals surface area contributed by atoms with E-state index < -0.39 is 0 Å². The second-order valence-electron chi connectivity index (χ2n) is 6.80. The van der Waals surface area contributed by atoms with Crippen LogP contribution in [0.4, 0.5) is 5.69 Å². The number of hydrogen-bond donors (Lipinski definition) is 1. The van der Waals surface area contributed by atoms with E-state index in [-0.39, 0.29) is 5.91 Å². The first-order valence-corrected chi connectivity index (χ1v) is 8.79. The maximum absolute atomic E-state index is 12.9. The lowest BCUT2D eigenvalue weighted by Crippen LogP contribution is -2.37. The largest absolute Gasteiger partial charge is 0.397 e. The Balaban J connectivity index is 1.59. The normalized spacial score (nSPS) is 13.6. The zero-order valence-electron chi connectivity index (χ0n) is 14.8. The van der Waals surface area contributed by atoms with Crippen LogP contribution in [0.15, 0.2) is 60.9 Å². The fraction of sp³-hybridized carbons (Fsp3) is 0.182. The van der Waals surface area contributed by atoms with Gasteiger partial charge in [-0.1, -0.05) is 42.0 Å². The van der Waals surface area contributed by atoms with Crippen molar-refractivity contribution in [1.29, 1.82) is 0 Å². The second-order valence-corrected chi connectivity index (χ2v) is 6.80. The third-order valence-corrected chi connectivity index (χ3v) is 4.93. The van der Waals surface area contributed by atoms with Crippen molar-refractivity contribution in [2.75, 3.05) is 12.3 Å². The van der Waals surface area contributed by atoms with Gasteiger partial charge in [0.2, 0.25) is 0 Å². The fourth-order valence-corrected chi connectivity index (χ4v) is 3.44. The molecule has 1 aliphatic heterocycles. The summed E-state index contributed by atoms with van der Waals surface area (Å²) in [4.78, 5) is 18.9. The van der Waals surface area contributed by atoms with Gasteiger partial charge in [-0.05, 0) is 42.2 Å². The molecular formula is C22H21N3O. The molecule has 0 saturated carbocycles. The number of rotatable bonds is 3. The lowest BCUT2D eigenvalue weighted by molar-refractivity contribution is 0.0727. The van der Waals surface area contributed by atoms with E-state index >= 15 is 0 Å². The summed E-state index contributed by atoms with van der Waals surface area (Å²) in [6.45, 7) is 3.45. The van der Waals surface area contributed by atoms with Crippen molar-refractivity contribution >= 4 is 11.6 Å². The van der Waals surface area contributed by atoms with Crippen LogP contribution in [0.5, 0.6) is 0 Å². The van der Waals surface area contributed by atoms with Crippen molar-refractivity contribution < 1.29 is 4.79 Å². The Labute approximate surface area is 153 Å². The summed E-state index contributed by atoms with van der Waals surface area (Å²) < 4.78 is 0. The molecule has 1 amide bonds. The molecule has 2 N–H and O–H groups in total. The van der Waals surface area contributed by atoms with Crippen LogP contribution in [0, 0.1) is 6.92 Å². The van der Waals surface area contributed by atoms with Crippen LogP contribution in [-0.2, 0) is 13.0 Å². The Morgan fingerprint density at radius 3 is 2.65 bits per heavy atom. The maximum atomic E-state index is 12.9. The minimum absolute atomic E-state index is 0.0982. The van der Waals surface area contributed by atoms with Crippen LogP contribution >= 0.6 is 0 Å². The second kappa shape index (κ2) is 6.64. The summed E-state index contributed by atoms with van der Waals surface area (Å²) in [7, 11) is 0. The van der Waals surface area contributed by atoms with E-state index in [4.69, 9.17) is 5.73 Å². The minimum Gasteiger partial charge on any atom is -0.397 e. The predicted octanol–water partition coefficient (Wildman–Crippen LogP) is 3.84. The van der Waals surface area contributed by atoms with Crippen LogP contribution in [0.1, 0.15) is 27.0 Å². The molecule has 0 atom stereocenters. The maximum Gasteiger partial charge on any atom is 0.254 e. The van der Waals surface area contributed by atoms with Crippen LogP contribution < -0.4 is 5.73 Å². The zero-order valence-corrected chi connectivity index (χ0v) is 14.8. The molecule has 130 valence electrons. The molecule has 0 aliphatic carbocycles. The molecule has 0 fully saturated rings. The van der Waals surface area contributed by atoms with E-state index in [0.717, 1.165) is 40.8 Å². The fourth-order valence-electron chi connectivity index (χ4n) is 3.44. The summed E-state index contributed by atoms with van der Waals surface area (Å²) in [5.74, 6) is 0.0982. The van der Waals surface area contributed by atoms with Crippen molar-refractivity contribution in [2.24, 2.45) is 0 Å². The molecule has 0 saturated heterocycles. The average molecular weight is 343 g/mol. The number of aryl methyl sites for hydroxylation is 1. The lowest BCUT2D eigenvalue weighted by Gasteiger charge is -2.29. The molecule has 1 aliphatic rings. The van der Waals surface area contributed by atoms with Gasteiger partial charge in [-0.25, -0.2) is 0 Å². The van der Waals surface area contributed by atoms with Gasteiger partial charge in [-0.15, -0.1) is 0 Å². The summed E-state index contributed by atoms with van der Waals surface area (Å²) in [5, 5.41) is 0. The number of pyridine rings is 1. The van der Waals surface area contributed by atoms with Gasteiger partial charge < -0.3 is 10.6 Å². The monoisotopic (exact) mass is 343 g/mol. The van der Waals surface area contributed by atoms with E-state index in [1.807, 2.05) is 23.1 Å². The van der Waals surface area contributed by atoms with Gasteiger partial charge in [0.15, 0.2) is 0 Å². The predicted molar refractivity (Wildman–Crippen MR) is 104 cm³/mol. The molecule has 2 heterocycles. The SMILES string of the molecule is Cc1ccc(CN2CCc3cc(-c4ccncc4N)ccc3C2=O)cc1. The number of aromatic nitrogens is 1. The highest BCUT2D eigenvalue weighted by Crippen LogP contribution is 2.29. The van der Waals surface area contributed by atoms with Crippen molar-refractivity contribution in [3.63, 3.8) is 0 Å². The van der Waals surface area contributed by atoms with Crippen molar-refractivity contribution in [3.8, 4) is 11.1 Å². The van der Waals surface area contributed by atoms with Gasteiger partial charge in [-0.2, -0.15) is 0 Å². The van der Waals surface area contributed by atoms with Crippen molar-refractivity contribution in [3.05, 3.63) is 83.2 Å². The molecule has 0 spiro atoms. The Morgan fingerprint density at radius 2 is 1.88 bits per heavy atom. The van der Waals surface area contributed by atoms with Gasteiger partial charge in [0.05, 0.1) is 11.9 Å². The Kier molecular flexibility index (Phi) is 4.17. The van der Waals surface area contributed by atoms with Crippen molar-refractivity contribution in [1.82, 2.24) is 9.88 Å². The van der Waals surface area contributed by atoms with E-state index in [1.165, 1.54) is 5.56 Å². The molecule has 4 nitrogen and oxygen atoms in total. The summed E-state index contributed by atoms with van der Waals surface area (Å²) in [6.07, 6.45) is 4.24. The van der Waals surface area contributed by atoms with E-state index in [1.54, 1.807) is 12.4 Å². The van der Waals surface area contributed by atoms with Gasteiger partial charge in [-0.3, -0.25) is 9.78 Å². The minimum atomic E-state index is 0.0982. The Morgan fingerprint density at radius 1 is 1.08 bits per heavy atom.